The number of aromatic nitrogens is 2. The van der Waals surface area contributed by atoms with Crippen LogP contribution in [0.2, 0.25) is 0 Å². The molecular formula is C11H7F3N2O2S. The van der Waals surface area contributed by atoms with E-state index in [-0.39, 0.29) is 5.56 Å². The van der Waals surface area contributed by atoms with Crippen LogP contribution in [0.4, 0.5) is 13.2 Å². The van der Waals surface area contributed by atoms with Gasteiger partial charge >= 0.3 is 6.36 Å². The maximum atomic E-state index is 12.1. The predicted molar refractivity (Wildman–Crippen MR) is 61.2 cm³/mol. The van der Waals surface area contributed by atoms with Crippen molar-refractivity contribution in [3.05, 3.63) is 40.4 Å². The van der Waals surface area contributed by atoms with Crippen molar-refractivity contribution in [1.29, 1.82) is 0 Å². The van der Waals surface area contributed by atoms with E-state index in [0.717, 1.165) is 23.7 Å². The minimum absolute atomic E-state index is 0.0934. The SMILES string of the molecule is Cc1nnsc1C(=O)c1cccc(OC(F)(F)F)c1. The Labute approximate surface area is 110 Å². The van der Waals surface area contributed by atoms with Crippen LogP contribution in [0.15, 0.2) is 24.3 Å². The summed E-state index contributed by atoms with van der Waals surface area (Å²) in [6.45, 7) is 1.60. The van der Waals surface area contributed by atoms with Gasteiger partial charge in [-0.25, -0.2) is 0 Å². The van der Waals surface area contributed by atoms with Crippen molar-refractivity contribution in [2.45, 2.75) is 13.3 Å². The van der Waals surface area contributed by atoms with Gasteiger partial charge in [-0.2, -0.15) is 0 Å². The monoisotopic (exact) mass is 288 g/mol. The summed E-state index contributed by atoms with van der Waals surface area (Å²) in [6, 6.07) is 4.89. The number of carbonyl (C=O) groups is 1. The summed E-state index contributed by atoms with van der Waals surface area (Å²) in [4.78, 5) is 12.3. The third-order valence-electron chi connectivity index (χ3n) is 2.19. The smallest absolute Gasteiger partial charge is 0.406 e. The Balaban J connectivity index is 2.29. The summed E-state index contributed by atoms with van der Waals surface area (Å²) in [5, 5.41) is 3.68. The molecule has 100 valence electrons. The van der Waals surface area contributed by atoms with E-state index in [2.05, 4.69) is 14.3 Å². The molecule has 0 radical (unpaired) electrons. The molecule has 8 heteroatoms. The molecule has 4 nitrogen and oxygen atoms in total. The Morgan fingerprint density at radius 2 is 2.11 bits per heavy atom. The van der Waals surface area contributed by atoms with Gasteiger partial charge < -0.3 is 4.74 Å². The Kier molecular flexibility index (Phi) is 3.52. The van der Waals surface area contributed by atoms with Gasteiger partial charge in [0.25, 0.3) is 0 Å². The molecule has 0 unspecified atom stereocenters. The average Bonchev–Trinajstić information content (AvgIpc) is 2.72. The fourth-order valence-electron chi connectivity index (χ4n) is 1.41. The van der Waals surface area contributed by atoms with Crippen molar-refractivity contribution >= 4 is 17.3 Å². The number of rotatable bonds is 3. The maximum Gasteiger partial charge on any atom is 0.573 e. The van der Waals surface area contributed by atoms with Crippen LogP contribution in [-0.4, -0.2) is 21.7 Å². The molecular weight excluding hydrogens is 281 g/mol. The fraction of sp³-hybridized carbons (Fsp3) is 0.182. The lowest BCUT2D eigenvalue weighted by Crippen LogP contribution is -2.17. The Bertz CT molecular complexity index is 610. The summed E-state index contributed by atoms with van der Waals surface area (Å²) >= 11 is 0.898. The van der Waals surface area contributed by atoms with E-state index in [1.54, 1.807) is 6.92 Å². The molecule has 0 amide bonds. The van der Waals surface area contributed by atoms with Crippen LogP contribution in [0.3, 0.4) is 0 Å². The molecule has 0 aliphatic rings. The zero-order valence-corrected chi connectivity index (χ0v) is 10.4. The lowest BCUT2D eigenvalue weighted by atomic mass is 10.1. The molecule has 0 saturated carbocycles. The van der Waals surface area contributed by atoms with Gasteiger partial charge in [0.2, 0.25) is 5.78 Å². The second-order valence-corrected chi connectivity index (χ2v) is 4.35. The zero-order valence-electron chi connectivity index (χ0n) is 9.56. The first-order chi connectivity index (χ1) is 8.87. The normalized spacial score (nSPS) is 11.4. The van der Waals surface area contributed by atoms with Gasteiger partial charge in [0.1, 0.15) is 10.6 Å². The minimum Gasteiger partial charge on any atom is -0.406 e. The number of hydrogen-bond acceptors (Lipinski definition) is 5. The molecule has 0 fully saturated rings. The van der Waals surface area contributed by atoms with Crippen LogP contribution < -0.4 is 4.74 Å². The van der Waals surface area contributed by atoms with Gasteiger partial charge in [0.05, 0.1) is 5.69 Å². The molecule has 0 aliphatic carbocycles. The highest BCUT2D eigenvalue weighted by Crippen LogP contribution is 2.25. The van der Waals surface area contributed by atoms with E-state index in [1.165, 1.54) is 12.1 Å². The summed E-state index contributed by atoms with van der Waals surface area (Å²) in [7, 11) is 0. The Morgan fingerprint density at radius 1 is 1.37 bits per heavy atom. The number of carbonyl (C=O) groups excluding carboxylic acids is 1. The third kappa shape index (κ3) is 3.28. The van der Waals surface area contributed by atoms with Crippen molar-refractivity contribution in [2.24, 2.45) is 0 Å². The Hall–Kier alpha value is -1.96. The first-order valence-electron chi connectivity index (χ1n) is 5.06. The van der Waals surface area contributed by atoms with E-state index in [4.69, 9.17) is 0 Å². The van der Waals surface area contributed by atoms with Crippen LogP contribution in [-0.2, 0) is 0 Å². The molecule has 2 rings (SSSR count). The van der Waals surface area contributed by atoms with Crippen molar-refractivity contribution in [3.8, 4) is 5.75 Å². The van der Waals surface area contributed by atoms with Crippen molar-refractivity contribution in [3.63, 3.8) is 0 Å². The van der Waals surface area contributed by atoms with Crippen molar-refractivity contribution in [2.75, 3.05) is 0 Å². The van der Waals surface area contributed by atoms with Gasteiger partial charge in [0, 0.05) is 5.56 Å². The molecule has 0 N–H and O–H groups in total. The lowest BCUT2D eigenvalue weighted by Gasteiger charge is -2.09. The number of halogens is 3. The number of ether oxygens (including phenoxy) is 1. The second kappa shape index (κ2) is 4.96. The average molecular weight is 288 g/mol. The molecule has 1 aromatic carbocycles. The van der Waals surface area contributed by atoms with Crippen LogP contribution in [0.5, 0.6) is 5.75 Å². The molecule has 1 heterocycles. The quantitative estimate of drug-likeness (QED) is 0.815. The van der Waals surface area contributed by atoms with Crippen molar-refractivity contribution < 1.29 is 22.7 Å². The molecule has 19 heavy (non-hydrogen) atoms. The highest BCUT2D eigenvalue weighted by Gasteiger charge is 2.31. The Morgan fingerprint density at radius 3 is 2.68 bits per heavy atom. The molecule has 0 saturated heterocycles. The number of ketones is 1. The van der Waals surface area contributed by atoms with E-state index in [1.807, 2.05) is 0 Å². The van der Waals surface area contributed by atoms with Crippen LogP contribution >= 0.6 is 11.5 Å². The number of benzene rings is 1. The van der Waals surface area contributed by atoms with Gasteiger partial charge in [-0.05, 0) is 30.6 Å². The van der Waals surface area contributed by atoms with Gasteiger partial charge in [-0.1, -0.05) is 16.6 Å². The van der Waals surface area contributed by atoms with E-state index >= 15 is 0 Å². The summed E-state index contributed by atoms with van der Waals surface area (Å²) in [6.07, 6.45) is -4.79. The van der Waals surface area contributed by atoms with E-state index in [9.17, 15) is 18.0 Å². The van der Waals surface area contributed by atoms with Crippen molar-refractivity contribution in [1.82, 2.24) is 9.59 Å². The van der Waals surface area contributed by atoms with Crippen LogP contribution in [0, 0.1) is 6.92 Å². The van der Waals surface area contributed by atoms with E-state index in [0.29, 0.717) is 10.6 Å². The van der Waals surface area contributed by atoms with E-state index < -0.39 is 17.9 Å². The summed E-state index contributed by atoms with van der Waals surface area (Å²) in [5.41, 5.74) is 0.535. The number of aryl methyl sites for hydroxylation is 1. The van der Waals surface area contributed by atoms with Gasteiger partial charge in [0.15, 0.2) is 0 Å². The highest BCUT2D eigenvalue weighted by atomic mass is 32.1. The molecule has 0 aliphatic heterocycles. The third-order valence-corrected chi connectivity index (χ3v) is 3.01. The molecule has 2 aromatic rings. The number of alkyl halides is 3. The fourth-order valence-corrected chi connectivity index (χ4v) is 2.02. The van der Waals surface area contributed by atoms with Crippen LogP contribution in [0.25, 0.3) is 0 Å². The van der Waals surface area contributed by atoms with Gasteiger partial charge in [-0.3, -0.25) is 4.79 Å². The largest absolute Gasteiger partial charge is 0.573 e. The topological polar surface area (TPSA) is 52.1 Å². The zero-order chi connectivity index (χ0) is 14.0. The molecule has 0 bridgehead atoms. The predicted octanol–water partition coefficient (Wildman–Crippen LogP) is 2.98. The summed E-state index contributed by atoms with van der Waals surface area (Å²) < 4.78 is 43.6. The van der Waals surface area contributed by atoms with Crippen LogP contribution in [0.1, 0.15) is 20.9 Å². The maximum absolute atomic E-state index is 12.1. The molecule has 0 atom stereocenters. The number of hydrogen-bond donors (Lipinski definition) is 0. The first-order valence-corrected chi connectivity index (χ1v) is 5.83. The van der Waals surface area contributed by atoms with Gasteiger partial charge in [-0.15, -0.1) is 18.3 Å². The molecule has 0 spiro atoms. The lowest BCUT2D eigenvalue weighted by molar-refractivity contribution is -0.274. The molecule has 1 aromatic heterocycles. The minimum atomic E-state index is -4.79. The first kappa shape index (κ1) is 13.5. The number of nitrogens with zero attached hydrogens (tertiary/aromatic N) is 2. The standard InChI is InChI=1S/C11H7F3N2O2S/c1-6-10(19-16-15-6)9(17)7-3-2-4-8(5-7)18-11(12,13)14/h2-5H,1H3. The highest BCUT2D eigenvalue weighted by molar-refractivity contribution is 7.08. The summed E-state index contributed by atoms with van der Waals surface area (Å²) in [5.74, 6) is -0.867. The second-order valence-electron chi connectivity index (χ2n) is 3.59.